The molecule has 7 N–H and O–H groups in total. The number of unbranched alkanes of at least 4 members (excludes halogenated alkanes) is 19. The van der Waals surface area contributed by atoms with Crippen LogP contribution in [0.15, 0.2) is 0 Å². The molecule has 5 amide bonds. The molecule has 0 heterocycles. The Morgan fingerprint density at radius 1 is 0.506 bits per heavy atom. The van der Waals surface area contributed by atoms with Crippen molar-refractivity contribution in [1.29, 1.82) is 0 Å². The topological polar surface area (TPSA) is 226 Å². The normalized spacial score (nSPS) is 15.5. The number of urea groups is 1. The average Bonchev–Trinajstić information content (AvgIpc) is 3.39. The number of nitrogens with one attached hydrogen (secondary N) is 5. The van der Waals surface area contributed by atoms with E-state index >= 15 is 0 Å². The van der Waals surface area contributed by atoms with Gasteiger partial charge in [0.1, 0.15) is 30.0 Å². The highest BCUT2D eigenvalue weighted by Gasteiger charge is 2.29. The molecular weight excluding hydrogens is 1020 g/mol. The van der Waals surface area contributed by atoms with Crippen LogP contribution in [0.2, 0.25) is 0 Å². The summed E-state index contributed by atoms with van der Waals surface area (Å²) < 4.78 is 22.1. The SMILES string of the molecule is CC(C)(C)OC(=O)CC[C@H](NC(=O)NCCCCCCNC(=O)[C@@H](N)CSCC(COC(=O)NCCCCCCCCCCCC1CCCCC1)OC(=O)NCCCCCCCCCCCC1CCCCC1)C(=O)OC(C)(C)C. The van der Waals surface area contributed by atoms with Gasteiger partial charge in [0.2, 0.25) is 5.91 Å². The van der Waals surface area contributed by atoms with Crippen LogP contribution >= 0.6 is 11.8 Å². The monoisotopic (exact) mass is 1140 g/mol. The lowest BCUT2D eigenvalue weighted by atomic mass is 9.85. The number of esters is 2. The predicted molar refractivity (Wildman–Crippen MR) is 321 cm³/mol. The quantitative estimate of drug-likeness (QED) is 0.0190. The molecule has 2 aliphatic rings. The van der Waals surface area contributed by atoms with E-state index in [1.54, 1.807) is 41.5 Å². The van der Waals surface area contributed by atoms with Gasteiger partial charge in [0.05, 0.1) is 6.04 Å². The highest BCUT2D eigenvalue weighted by molar-refractivity contribution is 7.99. The van der Waals surface area contributed by atoms with Crippen LogP contribution in [-0.2, 0) is 33.3 Å². The van der Waals surface area contributed by atoms with Gasteiger partial charge in [0, 0.05) is 44.1 Å². The Kier molecular flexibility index (Phi) is 40.9. The molecule has 79 heavy (non-hydrogen) atoms. The van der Waals surface area contributed by atoms with Gasteiger partial charge in [-0.3, -0.25) is 9.59 Å². The van der Waals surface area contributed by atoms with E-state index in [9.17, 15) is 28.8 Å². The molecule has 0 radical (unpaired) electrons. The number of nitrogens with two attached hydrogens (primary N) is 1. The molecule has 3 atom stereocenters. The van der Waals surface area contributed by atoms with E-state index in [4.69, 9.17) is 24.7 Å². The van der Waals surface area contributed by atoms with Crippen molar-refractivity contribution >= 4 is 47.8 Å². The number of thioether (sulfide) groups is 1. The summed E-state index contributed by atoms with van der Waals surface area (Å²) in [5.41, 5.74) is 4.83. The van der Waals surface area contributed by atoms with Gasteiger partial charge in [-0.2, -0.15) is 11.8 Å². The molecule has 460 valence electrons. The minimum atomic E-state index is -1.02. The van der Waals surface area contributed by atoms with Gasteiger partial charge in [0.15, 0.2) is 0 Å². The van der Waals surface area contributed by atoms with Crippen molar-refractivity contribution in [3.8, 4) is 0 Å². The molecule has 0 aromatic carbocycles. The first-order valence-electron chi connectivity index (χ1n) is 31.9. The van der Waals surface area contributed by atoms with Crippen LogP contribution in [0.1, 0.15) is 273 Å². The summed E-state index contributed by atoms with van der Waals surface area (Å²) in [7, 11) is 0. The first-order chi connectivity index (χ1) is 37.9. The third kappa shape index (κ3) is 43.0. The van der Waals surface area contributed by atoms with Gasteiger partial charge in [0.25, 0.3) is 0 Å². The van der Waals surface area contributed by atoms with Crippen molar-refractivity contribution in [2.45, 2.75) is 302 Å². The Morgan fingerprint density at radius 2 is 0.924 bits per heavy atom. The van der Waals surface area contributed by atoms with Crippen molar-refractivity contribution in [1.82, 2.24) is 26.6 Å². The van der Waals surface area contributed by atoms with Crippen LogP contribution in [0, 0.1) is 11.8 Å². The fourth-order valence-electron chi connectivity index (χ4n) is 10.5. The highest BCUT2D eigenvalue weighted by Crippen LogP contribution is 2.29. The van der Waals surface area contributed by atoms with E-state index in [2.05, 4.69) is 26.6 Å². The van der Waals surface area contributed by atoms with Gasteiger partial charge in [-0.25, -0.2) is 19.2 Å². The number of ether oxygens (including phenoxy) is 4. The Labute approximate surface area is 484 Å². The van der Waals surface area contributed by atoms with E-state index < -0.39 is 59.5 Å². The molecule has 0 saturated heterocycles. The van der Waals surface area contributed by atoms with Gasteiger partial charge in [-0.05, 0) is 85.5 Å². The number of amides is 5. The van der Waals surface area contributed by atoms with E-state index in [-0.39, 0.29) is 31.1 Å². The molecular formula is C62H116N6O10S. The van der Waals surface area contributed by atoms with E-state index in [0.717, 1.165) is 63.2 Å². The maximum absolute atomic E-state index is 12.9. The molecule has 17 heteroatoms. The Bertz CT molecular complexity index is 1620. The Morgan fingerprint density at radius 3 is 1.39 bits per heavy atom. The predicted octanol–water partition coefficient (Wildman–Crippen LogP) is 13.6. The molecule has 2 aliphatic carbocycles. The van der Waals surface area contributed by atoms with Crippen LogP contribution in [0.25, 0.3) is 0 Å². The summed E-state index contributed by atoms with van der Waals surface area (Å²) in [4.78, 5) is 76.3. The Hall–Kier alpha value is -3.47. The molecule has 16 nitrogen and oxygen atoms in total. The number of carbonyl (C=O) groups is 6. The molecule has 0 aromatic rings. The fourth-order valence-corrected chi connectivity index (χ4v) is 11.5. The molecule has 0 spiro atoms. The van der Waals surface area contributed by atoms with Crippen molar-refractivity contribution in [3.05, 3.63) is 0 Å². The highest BCUT2D eigenvalue weighted by atomic mass is 32.2. The fraction of sp³-hybridized carbons (Fsp3) is 0.903. The number of hydrogen-bond acceptors (Lipinski definition) is 12. The molecule has 0 aromatic heterocycles. The number of carbonyl (C=O) groups excluding carboxylic acids is 6. The lowest BCUT2D eigenvalue weighted by Crippen LogP contribution is -2.48. The zero-order valence-corrected chi connectivity index (χ0v) is 51.7. The minimum Gasteiger partial charge on any atom is -0.460 e. The van der Waals surface area contributed by atoms with Crippen LogP contribution in [0.5, 0.6) is 0 Å². The number of alkyl carbamates (subject to hydrolysis) is 2. The van der Waals surface area contributed by atoms with E-state index in [0.29, 0.717) is 44.8 Å². The summed E-state index contributed by atoms with van der Waals surface area (Å²) in [5.74, 6) is 1.17. The van der Waals surface area contributed by atoms with Crippen molar-refractivity contribution in [2.75, 3.05) is 44.3 Å². The van der Waals surface area contributed by atoms with Crippen molar-refractivity contribution in [3.63, 3.8) is 0 Å². The van der Waals surface area contributed by atoms with Gasteiger partial charge in [-0.1, -0.05) is 193 Å². The maximum atomic E-state index is 12.9. The second-order valence-corrected chi connectivity index (χ2v) is 26.0. The smallest absolute Gasteiger partial charge is 0.407 e. The lowest BCUT2D eigenvalue weighted by Gasteiger charge is -2.25. The zero-order chi connectivity index (χ0) is 57.8. The number of hydrogen-bond donors (Lipinski definition) is 6. The summed E-state index contributed by atoms with van der Waals surface area (Å²) in [6.07, 6.45) is 40.4. The summed E-state index contributed by atoms with van der Waals surface area (Å²) in [5, 5.41) is 14.0. The second-order valence-electron chi connectivity index (χ2n) is 24.9. The molecule has 2 fully saturated rings. The minimum absolute atomic E-state index is 0.0360. The largest absolute Gasteiger partial charge is 0.460 e. The third-order valence-electron chi connectivity index (χ3n) is 14.9. The van der Waals surface area contributed by atoms with Gasteiger partial charge < -0.3 is 51.3 Å². The molecule has 2 saturated carbocycles. The summed E-state index contributed by atoms with van der Waals surface area (Å²) in [6, 6.07) is -2.35. The van der Waals surface area contributed by atoms with E-state index in [1.165, 1.54) is 166 Å². The maximum Gasteiger partial charge on any atom is 0.407 e. The van der Waals surface area contributed by atoms with Crippen LogP contribution in [0.3, 0.4) is 0 Å². The molecule has 2 rings (SSSR count). The second kappa shape index (κ2) is 45.1. The Balaban J connectivity index is 1.66. The first kappa shape index (κ1) is 71.6. The number of rotatable bonds is 44. The van der Waals surface area contributed by atoms with Crippen molar-refractivity contribution in [2.24, 2.45) is 17.6 Å². The summed E-state index contributed by atoms with van der Waals surface area (Å²) >= 11 is 1.36. The third-order valence-corrected chi connectivity index (χ3v) is 16.1. The van der Waals surface area contributed by atoms with E-state index in [1.807, 2.05) is 0 Å². The molecule has 0 aliphatic heterocycles. The summed E-state index contributed by atoms with van der Waals surface area (Å²) in [6.45, 7) is 12.2. The standard InChI is InChI=1S/C62H116N6O10S/c1-61(2,3)77-55(69)42-41-54(57(71)78-62(4,5)6)68-58(72)65-44-32-22-21-31-43-64-56(70)53(63)49-79-48-52(76-60(74)67-46-34-20-16-12-8-10-14-18-26-36-51-39-29-24-30-40-51)47-75-59(73)66-45-33-19-15-11-7-9-13-17-25-35-50-37-27-23-28-38-50/h50-54H,7-49,63H2,1-6H3,(H,64,70)(H,66,73)(H,67,74)(H2,65,68,72)/t52?,53-,54-/m0/s1. The van der Waals surface area contributed by atoms with Crippen LogP contribution < -0.4 is 32.3 Å². The lowest BCUT2D eigenvalue weighted by molar-refractivity contribution is -0.158. The molecule has 0 bridgehead atoms. The van der Waals surface area contributed by atoms with Crippen molar-refractivity contribution < 1.29 is 47.7 Å². The molecule has 1 unspecified atom stereocenters. The van der Waals surface area contributed by atoms with Gasteiger partial charge in [-0.15, -0.1) is 0 Å². The van der Waals surface area contributed by atoms with Crippen LogP contribution in [-0.4, -0.2) is 110 Å². The first-order valence-corrected chi connectivity index (χ1v) is 33.0. The average molecular weight is 1140 g/mol. The zero-order valence-electron chi connectivity index (χ0n) is 50.9. The van der Waals surface area contributed by atoms with Gasteiger partial charge >= 0.3 is 30.2 Å². The van der Waals surface area contributed by atoms with Crippen LogP contribution in [0.4, 0.5) is 14.4 Å².